The summed E-state index contributed by atoms with van der Waals surface area (Å²) < 4.78 is 11.5. The van der Waals surface area contributed by atoms with E-state index in [0.717, 1.165) is 22.4 Å². The summed E-state index contributed by atoms with van der Waals surface area (Å²) in [6.07, 6.45) is -0.528. The van der Waals surface area contributed by atoms with Gasteiger partial charge in [0.05, 0.1) is 13.2 Å². The summed E-state index contributed by atoms with van der Waals surface area (Å²) in [4.78, 5) is 0. The van der Waals surface area contributed by atoms with E-state index >= 15 is 0 Å². The summed E-state index contributed by atoms with van der Waals surface area (Å²) in [5.74, 6) is 1.43. The molecule has 0 bridgehead atoms. The molecule has 0 saturated carbocycles. The average molecular weight is 377 g/mol. The average Bonchev–Trinajstić information content (AvgIpc) is 2.74. The molecule has 0 amide bonds. The van der Waals surface area contributed by atoms with E-state index in [1.807, 2.05) is 60.7 Å². The quantitative estimate of drug-likeness (QED) is 0.580. The largest absolute Gasteiger partial charge is 0.493 e. The highest BCUT2D eigenvalue weighted by Gasteiger charge is 2.09. The van der Waals surface area contributed by atoms with Gasteiger partial charge in [-0.15, -0.1) is 0 Å². The maximum Gasteiger partial charge on any atom is 0.161 e. The molecule has 2 N–H and O–H groups in total. The molecule has 4 heteroatoms. The lowest BCUT2D eigenvalue weighted by Gasteiger charge is -2.15. The van der Waals surface area contributed by atoms with Crippen molar-refractivity contribution in [2.24, 2.45) is 0 Å². The van der Waals surface area contributed by atoms with Crippen molar-refractivity contribution in [3.63, 3.8) is 0 Å². The molecule has 3 aromatic rings. The molecule has 0 aliphatic carbocycles. The molecule has 0 aliphatic rings. The van der Waals surface area contributed by atoms with E-state index in [1.165, 1.54) is 5.56 Å². The molecule has 0 aromatic heterocycles. The molecule has 1 atom stereocenters. The molecular formula is C24H27NO3. The van der Waals surface area contributed by atoms with Crippen molar-refractivity contribution in [3.8, 4) is 11.5 Å². The van der Waals surface area contributed by atoms with Crippen molar-refractivity contribution in [1.82, 2.24) is 5.32 Å². The fourth-order valence-corrected chi connectivity index (χ4v) is 3.02. The fourth-order valence-electron chi connectivity index (χ4n) is 3.02. The lowest BCUT2D eigenvalue weighted by molar-refractivity contribution is 0.174. The number of ether oxygens (including phenoxy) is 2. The van der Waals surface area contributed by atoms with Crippen LogP contribution in [0.5, 0.6) is 11.5 Å². The Morgan fingerprint density at radius 2 is 1.68 bits per heavy atom. The normalized spacial score (nSPS) is 11.8. The maximum absolute atomic E-state index is 10.2. The van der Waals surface area contributed by atoms with Crippen LogP contribution in [-0.4, -0.2) is 18.8 Å². The summed E-state index contributed by atoms with van der Waals surface area (Å²) in [6, 6.07) is 23.8. The van der Waals surface area contributed by atoms with Gasteiger partial charge in [0.25, 0.3) is 0 Å². The second-order valence-electron chi connectivity index (χ2n) is 6.76. The third-order valence-electron chi connectivity index (χ3n) is 4.72. The standard InChI is InChI=1S/C24H27NO3/c1-18-8-6-7-11-21(18)17-28-23-13-12-19(14-24(23)27-2)15-25-16-22(26)20-9-4-3-5-10-20/h3-14,22,25-26H,15-17H2,1-2H3/t22-/m1/s1. The second kappa shape index (κ2) is 9.93. The molecule has 146 valence electrons. The van der Waals surface area contributed by atoms with E-state index in [2.05, 4.69) is 24.4 Å². The zero-order valence-electron chi connectivity index (χ0n) is 16.4. The predicted octanol–water partition coefficient (Wildman–Crippen LogP) is 4.41. The van der Waals surface area contributed by atoms with E-state index in [1.54, 1.807) is 7.11 Å². The topological polar surface area (TPSA) is 50.7 Å². The highest BCUT2D eigenvalue weighted by atomic mass is 16.5. The zero-order valence-corrected chi connectivity index (χ0v) is 16.4. The van der Waals surface area contributed by atoms with Crippen molar-refractivity contribution >= 4 is 0 Å². The summed E-state index contributed by atoms with van der Waals surface area (Å²) in [7, 11) is 1.65. The SMILES string of the molecule is COc1cc(CNC[C@@H](O)c2ccccc2)ccc1OCc1ccccc1C. The molecule has 28 heavy (non-hydrogen) atoms. The monoisotopic (exact) mass is 377 g/mol. The molecule has 0 heterocycles. The van der Waals surface area contributed by atoms with Crippen LogP contribution < -0.4 is 14.8 Å². The van der Waals surface area contributed by atoms with E-state index < -0.39 is 6.10 Å². The summed E-state index contributed by atoms with van der Waals surface area (Å²) in [5, 5.41) is 13.5. The Kier molecular flexibility index (Phi) is 7.06. The van der Waals surface area contributed by atoms with Crippen molar-refractivity contribution in [1.29, 1.82) is 0 Å². The molecule has 0 fully saturated rings. The van der Waals surface area contributed by atoms with Crippen molar-refractivity contribution in [2.75, 3.05) is 13.7 Å². The first-order valence-electron chi connectivity index (χ1n) is 9.45. The number of rotatable bonds is 9. The van der Waals surface area contributed by atoms with Crippen molar-refractivity contribution in [2.45, 2.75) is 26.2 Å². The van der Waals surface area contributed by atoms with Gasteiger partial charge in [-0.05, 0) is 41.3 Å². The van der Waals surface area contributed by atoms with E-state index in [-0.39, 0.29) is 0 Å². The number of nitrogens with one attached hydrogen (secondary N) is 1. The highest BCUT2D eigenvalue weighted by molar-refractivity contribution is 5.43. The van der Waals surface area contributed by atoms with Gasteiger partial charge in [-0.1, -0.05) is 60.7 Å². The van der Waals surface area contributed by atoms with Gasteiger partial charge in [0, 0.05) is 13.1 Å². The van der Waals surface area contributed by atoms with Gasteiger partial charge in [0.1, 0.15) is 6.61 Å². The fraction of sp³-hybridized carbons (Fsp3) is 0.250. The Labute approximate surface area is 166 Å². The Bertz CT molecular complexity index is 880. The number of benzene rings is 3. The van der Waals surface area contributed by atoms with Crippen LogP contribution in [-0.2, 0) is 13.2 Å². The molecule has 4 nitrogen and oxygen atoms in total. The number of aryl methyl sites for hydroxylation is 1. The minimum Gasteiger partial charge on any atom is -0.493 e. The van der Waals surface area contributed by atoms with Crippen molar-refractivity contribution in [3.05, 3.63) is 95.1 Å². The first-order valence-corrected chi connectivity index (χ1v) is 9.45. The first kappa shape index (κ1) is 19.9. The minimum absolute atomic E-state index is 0.484. The van der Waals surface area contributed by atoms with Crippen LogP contribution in [0.2, 0.25) is 0 Å². The number of aliphatic hydroxyl groups excluding tert-OH is 1. The number of hydrogen-bond donors (Lipinski definition) is 2. The van der Waals surface area contributed by atoms with Crippen LogP contribution in [0.4, 0.5) is 0 Å². The Balaban J connectivity index is 1.56. The summed E-state index contributed by atoms with van der Waals surface area (Å²) >= 11 is 0. The smallest absolute Gasteiger partial charge is 0.161 e. The third-order valence-corrected chi connectivity index (χ3v) is 4.72. The number of hydrogen-bond acceptors (Lipinski definition) is 4. The van der Waals surface area contributed by atoms with Crippen LogP contribution in [0, 0.1) is 6.92 Å². The Morgan fingerprint density at radius 3 is 2.43 bits per heavy atom. The van der Waals surface area contributed by atoms with E-state index in [9.17, 15) is 5.11 Å². The third kappa shape index (κ3) is 5.35. The minimum atomic E-state index is -0.528. The lowest BCUT2D eigenvalue weighted by atomic mass is 10.1. The molecule has 0 unspecified atom stereocenters. The maximum atomic E-state index is 10.2. The molecular weight excluding hydrogens is 350 g/mol. The van der Waals surface area contributed by atoms with Crippen LogP contribution in [0.15, 0.2) is 72.8 Å². The molecule has 0 spiro atoms. The summed E-state index contributed by atoms with van der Waals surface area (Å²) in [5.41, 5.74) is 4.34. The predicted molar refractivity (Wildman–Crippen MR) is 112 cm³/mol. The van der Waals surface area contributed by atoms with Gasteiger partial charge in [-0.3, -0.25) is 0 Å². The van der Waals surface area contributed by atoms with Gasteiger partial charge in [-0.2, -0.15) is 0 Å². The first-order chi connectivity index (χ1) is 13.7. The van der Waals surface area contributed by atoms with Gasteiger partial charge in [0.2, 0.25) is 0 Å². The van der Waals surface area contributed by atoms with Crippen LogP contribution in [0.1, 0.15) is 28.4 Å². The molecule has 0 aliphatic heterocycles. The molecule has 0 radical (unpaired) electrons. The van der Waals surface area contributed by atoms with E-state index in [4.69, 9.17) is 9.47 Å². The van der Waals surface area contributed by atoms with E-state index in [0.29, 0.717) is 25.4 Å². The van der Waals surface area contributed by atoms with Crippen LogP contribution in [0.3, 0.4) is 0 Å². The van der Waals surface area contributed by atoms with Gasteiger partial charge in [0.15, 0.2) is 11.5 Å². The molecule has 3 aromatic carbocycles. The molecule has 0 saturated heterocycles. The van der Waals surface area contributed by atoms with Crippen molar-refractivity contribution < 1.29 is 14.6 Å². The second-order valence-corrected chi connectivity index (χ2v) is 6.76. The Morgan fingerprint density at radius 1 is 0.929 bits per heavy atom. The lowest BCUT2D eigenvalue weighted by Crippen LogP contribution is -2.21. The van der Waals surface area contributed by atoms with Gasteiger partial charge < -0.3 is 19.9 Å². The number of methoxy groups -OCH3 is 1. The molecule has 3 rings (SSSR count). The number of aliphatic hydroxyl groups is 1. The zero-order chi connectivity index (χ0) is 19.8. The highest BCUT2D eigenvalue weighted by Crippen LogP contribution is 2.29. The van der Waals surface area contributed by atoms with Gasteiger partial charge >= 0.3 is 0 Å². The van der Waals surface area contributed by atoms with Crippen LogP contribution >= 0.6 is 0 Å². The van der Waals surface area contributed by atoms with Gasteiger partial charge in [-0.25, -0.2) is 0 Å². The Hall–Kier alpha value is -2.82. The van der Waals surface area contributed by atoms with Crippen LogP contribution in [0.25, 0.3) is 0 Å². The summed E-state index contributed by atoms with van der Waals surface area (Å²) in [6.45, 7) is 3.70.